The normalized spacial score (nSPS) is 11.3. The van der Waals surface area contributed by atoms with Crippen LogP contribution in [-0.4, -0.2) is 23.9 Å². The molecule has 0 aliphatic heterocycles. The molecule has 88 valence electrons. The van der Waals surface area contributed by atoms with Gasteiger partial charge in [0.1, 0.15) is 0 Å². The van der Waals surface area contributed by atoms with Crippen LogP contribution in [-0.2, 0) is 9.59 Å². The Morgan fingerprint density at radius 3 is 2.07 bits per heavy atom. The van der Waals surface area contributed by atoms with E-state index in [0.717, 1.165) is 0 Å². The Bertz CT molecular complexity index is 229. The van der Waals surface area contributed by atoms with Gasteiger partial charge in [-0.05, 0) is 26.7 Å². The molecule has 0 heterocycles. The molecule has 0 radical (unpaired) electrons. The highest BCUT2D eigenvalue weighted by atomic mass is 16.2. The lowest BCUT2D eigenvalue weighted by Gasteiger charge is -2.20. The number of nitrogens with one attached hydrogen (secondary N) is 2. The Hall–Kier alpha value is -1.06. The first kappa shape index (κ1) is 13.9. The van der Waals surface area contributed by atoms with Crippen LogP contribution < -0.4 is 10.6 Å². The highest BCUT2D eigenvalue weighted by Crippen LogP contribution is 1.99. The monoisotopic (exact) mass is 214 g/mol. The third-order valence-electron chi connectivity index (χ3n) is 1.55. The van der Waals surface area contributed by atoms with Crippen LogP contribution in [0.5, 0.6) is 0 Å². The SMILES string of the molecule is CC(C)CC(=O)NCC(=O)NC(C)(C)C. The highest BCUT2D eigenvalue weighted by Gasteiger charge is 2.14. The topological polar surface area (TPSA) is 58.2 Å². The van der Waals surface area contributed by atoms with Crippen molar-refractivity contribution in [2.45, 2.75) is 46.6 Å². The van der Waals surface area contributed by atoms with E-state index in [1.807, 2.05) is 34.6 Å². The van der Waals surface area contributed by atoms with Crippen LogP contribution >= 0.6 is 0 Å². The molecule has 0 spiro atoms. The zero-order chi connectivity index (χ0) is 12.1. The van der Waals surface area contributed by atoms with Gasteiger partial charge in [0.15, 0.2) is 0 Å². The van der Waals surface area contributed by atoms with E-state index in [0.29, 0.717) is 12.3 Å². The van der Waals surface area contributed by atoms with Crippen molar-refractivity contribution in [1.82, 2.24) is 10.6 Å². The maximum Gasteiger partial charge on any atom is 0.239 e. The number of hydrogen-bond acceptors (Lipinski definition) is 2. The molecule has 0 rings (SSSR count). The molecular formula is C11H22N2O2. The Balaban J connectivity index is 3.77. The summed E-state index contributed by atoms with van der Waals surface area (Å²) in [4.78, 5) is 22.6. The first-order valence-corrected chi connectivity index (χ1v) is 5.28. The minimum Gasteiger partial charge on any atom is -0.350 e. The summed E-state index contributed by atoms with van der Waals surface area (Å²) in [5, 5.41) is 5.36. The number of amides is 2. The van der Waals surface area contributed by atoms with E-state index in [2.05, 4.69) is 10.6 Å². The van der Waals surface area contributed by atoms with Crippen LogP contribution in [0.1, 0.15) is 41.0 Å². The van der Waals surface area contributed by atoms with E-state index >= 15 is 0 Å². The molecule has 4 nitrogen and oxygen atoms in total. The second-order valence-corrected chi connectivity index (χ2v) is 5.17. The van der Waals surface area contributed by atoms with Crippen molar-refractivity contribution in [3.8, 4) is 0 Å². The Morgan fingerprint density at radius 1 is 1.13 bits per heavy atom. The first-order chi connectivity index (χ1) is 6.70. The van der Waals surface area contributed by atoms with Gasteiger partial charge in [-0.1, -0.05) is 13.8 Å². The zero-order valence-electron chi connectivity index (χ0n) is 10.3. The van der Waals surface area contributed by atoms with E-state index in [1.54, 1.807) is 0 Å². The lowest BCUT2D eigenvalue weighted by molar-refractivity contribution is -0.127. The third kappa shape index (κ3) is 9.25. The lowest BCUT2D eigenvalue weighted by Crippen LogP contribution is -2.45. The Labute approximate surface area is 91.8 Å². The number of carbonyl (C=O) groups excluding carboxylic acids is 2. The highest BCUT2D eigenvalue weighted by molar-refractivity contribution is 5.85. The van der Waals surface area contributed by atoms with Gasteiger partial charge in [-0.3, -0.25) is 9.59 Å². The first-order valence-electron chi connectivity index (χ1n) is 5.28. The largest absolute Gasteiger partial charge is 0.350 e. The molecule has 4 heteroatoms. The number of rotatable bonds is 4. The fourth-order valence-electron chi connectivity index (χ4n) is 1.08. The van der Waals surface area contributed by atoms with E-state index in [1.165, 1.54) is 0 Å². The molecule has 0 saturated carbocycles. The maximum atomic E-state index is 11.3. The van der Waals surface area contributed by atoms with Gasteiger partial charge >= 0.3 is 0 Å². The van der Waals surface area contributed by atoms with Gasteiger partial charge in [-0.25, -0.2) is 0 Å². The second-order valence-electron chi connectivity index (χ2n) is 5.17. The quantitative estimate of drug-likeness (QED) is 0.735. The number of carbonyl (C=O) groups is 2. The van der Waals surface area contributed by atoms with Crippen LogP contribution in [0.2, 0.25) is 0 Å². The molecule has 0 atom stereocenters. The summed E-state index contributed by atoms with van der Waals surface area (Å²) in [5.74, 6) is 0.0874. The predicted molar refractivity (Wildman–Crippen MR) is 60.4 cm³/mol. The van der Waals surface area contributed by atoms with Crippen molar-refractivity contribution < 1.29 is 9.59 Å². The minimum absolute atomic E-state index is 0.0584. The molecule has 0 aromatic heterocycles. The van der Waals surface area contributed by atoms with E-state index in [4.69, 9.17) is 0 Å². The van der Waals surface area contributed by atoms with Crippen molar-refractivity contribution in [2.24, 2.45) is 5.92 Å². The van der Waals surface area contributed by atoms with Gasteiger partial charge in [-0.15, -0.1) is 0 Å². The molecule has 0 aliphatic rings. The fraction of sp³-hybridized carbons (Fsp3) is 0.818. The van der Waals surface area contributed by atoms with Gasteiger partial charge in [0.2, 0.25) is 11.8 Å². The average molecular weight is 214 g/mol. The summed E-state index contributed by atoms with van der Waals surface area (Å²) < 4.78 is 0. The summed E-state index contributed by atoms with van der Waals surface area (Å²) >= 11 is 0. The molecule has 0 unspecified atom stereocenters. The fourth-order valence-corrected chi connectivity index (χ4v) is 1.08. The smallest absolute Gasteiger partial charge is 0.239 e. The molecule has 0 aromatic rings. The van der Waals surface area contributed by atoms with Gasteiger partial charge < -0.3 is 10.6 Å². The number of hydrogen-bond donors (Lipinski definition) is 2. The van der Waals surface area contributed by atoms with E-state index in [-0.39, 0.29) is 23.9 Å². The second kappa shape index (κ2) is 5.73. The molecule has 2 amide bonds. The van der Waals surface area contributed by atoms with Crippen molar-refractivity contribution >= 4 is 11.8 Å². The molecule has 0 saturated heterocycles. The van der Waals surface area contributed by atoms with Gasteiger partial charge in [0.25, 0.3) is 0 Å². The average Bonchev–Trinajstić information content (AvgIpc) is 1.96. The maximum absolute atomic E-state index is 11.3. The minimum atomic E-state index is -0.250. The predicted octanol–water partition coefficient (Wildman–Crippen LogP) is 1.06. The van der Waals surface area contributed by atoms with E-state index in [9.17, 15) is 9.59 Å². The lowest BCUT2D eigenvalue weighted by atomic mass is 10.1. The summed E-state index contributed by atoms with van der Waals surface area (Å²) in [5.41, 5.74) is -0.250. The van der Waals surface area contributed by atoms with Crippen LogP contribution in [0.4, 0.5) is 0 Å². The van der Waals surface area contributed by atoms with Crippen LogP contribution in [0.15, 0.2) is 0 Å². The van der Waals surface area contributed by atoms with Crippen LogP contribution in [0.25, 0.3) is 0 Å². The molecule has 0 bridgehead atoms. The van der Waals surface area contributed by atoms with Crippen molar-refractivity contribution in [2.75, 3.05) is 6.54 Å². The zero-order valence-corrected chi connectivity index (χ0v) is 10.3. The van der Waals surface area contributed by atoms with Crippen LogP contribution in [0, 0.1) is 5.92 Å². The van der Waals surface area contributed by atoms with Gasteiger partial charge in [-0.2, -0.15) is 0 Å². The molecule has 2 N–H and O–H groups in total. The molecule has 15 heavy (non-hydrogen) atoms. The summed E-state index contributed by atoms with van der Waals surface area (Å²) in [6.45, 7) is 9.70. The third-order valence-corrected chi connectivity index (χ3v) is 1.55. The molecule has 0 aliphatic carbocycles. The van der Waals surface area contributed by atoms with Crippen molar-refractivity contribution in [1.29, 1.82) is 0 Å². The molecule has 0 aromatic carbocycles. The summed E-state index contributed by atoms with van der Waals surface area (Å²) in [6, 6.07) is 0. The molecule has 0 fully saturated rings. The van der Waals surface area contributed by atoms with Crippen LogP contribution in [0.3, 0.4) is 0 Å². The van der Waals surface area contributed by atoms with Gasteiger partial charge in [0, 0.05) is 12.0 Å². The molecular weight excluding hydrogens is 192 g/mol. The summed E-state index contributed by atoms with van der Waals surface area (Å²) in [7, 11) is 0. The standard InChI is InChI=1S/C11H22N2O2/c1-8(2)6-9(14)12-7-10(15)13-11(3,4)5/h8H,6-7H2,1-5H3,(H,12,14)(H,13,15). The van der Waals surface area contributed by atoms with E-state index < -0.39 is 0 Å². The summed E-state index contributed by atoms with van der Waals surface area (Å²) in [6.07, 6.45) is 0.461. The van der Waals surface area contributed by atoms with Crippen molar-refractivity contribution in [3.05, 3.63) is 0 Å². The Kier molecular flexibility index (Phi) is 5.33. The van der Waals surface area contributed by atoms with Crippen molar-refractivity contribution in [3.63, 3.8) is 0 Å². The van der Waals surface area contributed by atoms with Gasteiger partial charge in [0.05, 0.1) is 6.54 Å². The Morgan fingerprint density at radius 2 is 1.67 bits per heavy atom.